The Morgan fingerprint density at radius 2 is 1.77 bits per heavy atom. The molecule has 0 spiro atoms. The molecule has 4 heterocycles. The van der Waals surface area contributed by atoms with Crippen LogP contribution in [0.5, 0.6) is 0 Å². The third-order valence-corrected chi connectivity index (χ3v) is 7.15. The molecular weight excluding hydrogens is 505 g/mol. The Morgan fingerprint density at radius 3 is 2.51 bits per heavy atom. The molecule has 202 valence electrons. The highest BCUT2D eigenvalue weighted by molar-refractivity contribution is 5.78. The predicted octanol–water partition coefficient (Wildman–Crippen LogP) is 6.18. The number of nitrogens with zero attached hydrogens (tertiary/aromatic N) is 6. The van der Waals surface area contributed by atoms with E-state index in [2.05, 4.69) is 32.2 Å². The molecule has 1 fully saturated rings. The number of rotatable bonds is 3. The van der Waals surface area contributed by atoms with Crippen LogP contribution in [0, 0.1) is 6.92 Å². The number of fused-ring (bicyclic) bond motifs is 2. The van der Waals surface area contributed by atoms with E-state index in [1.54, 1.807) is 19.2 Å². The number of hydrogen-bond donors (Lipinski definition) is 0. The summed E-state index contributed by atoms with van der Waals surface area (Å²) in [4.78, 5) is 26.1. The summed E-state index contributed by atoms with van der Waals surface area (Å²) in [5.41, 5.74) is 1.84. The van der Waals surface area contributed by atoms with E-state index in [1.807, 2.05) is 30.1 Å². The molecule has 39 heavy (non-hydrogen) atoms. The van der Waals surface area contributed by atoms with Gasteiger partial charge >= 0.3 is 6.18 Å². The summed E-state index contributed by atoms with van der Waals surface area (Å²) >= 11 is 0. The molecule has 1 aliphatic rings. The highest BCUT2D eigenvalue weighted by Crippen LogP contribution is 2.33. The van der Waals surface area contributed by atoms with Gasteiger partial charge in [-0.05, 0) is 49.9 Å². The van der Waals surface area contributed by atoms with Crippen molar-refractivity contribution in [3.05, 3.63) is 93.9 Å². The van der Waals surface area contributed by atoms with Crippen molar-refractivity contribution in [3.8, 4) is 0 Å². The highest BCUT2D eigenvalue weighted by atomic mass is 19.4. The number of para-hydroxylation sites is 1. The summed E-state index contributed by atoms with van der Waals surface area (Å²) in [6.45, 7) is 1.43. The molecule has 0 amide bonds. The van der Waals surface area contributed by atoms with Crippen molar-refractivity contribution in [1.82, 2.24) is 29.3 Å². The lowest BCUT2D eigenvalue weighted by Gasteiger charge is -2.23. The van der Waals surface area contributed by atoms with Crippen LogP contribution in [-0.2, 0) is 19.8 Å². The van der Waals surface area contributed by atoms with Crippen LogP contribution >= 0.6 is 0 Å². The quantitative estimate of drug-likeness (QED) is 0.276. The molecule has 1 aromatic carbocycles. The van der Waals surface area contributed by atoms with Gasteiger partial charge in [0.25, 0.3) is 5.56 Å². The largest absolute Gasteiger partial charge is 0.418 e. The maximum Gasteiger partial charge on any atom is 0.418 e. The van der Waals surface area contributed by atoms with Crippen LogP contribution in [0.4, 0.5) is 13.2 Å². The van der Waals surface area contributed by atoms with Gasteiger partial charge in [0.05, 0.1) is 35.2 Å². The Hall–Kier alpha value is -4.08. The molecule has 0 saturated heterocycles. The Balaban J connectivity index is 0.000000257. The SMILES string of the molecule is Cc1cnc2cc(C3CCCCC3)c(=O)n(Cc3ncccc3C(F)(F)F)c2n1.Cn1ncc2ccccc21. The van der Waals surface area contributed by atoms with Crippen LogP contribution < -0.4 is 5.56 Å². The Bertz CT molecular complexity index is 1670. The van der Waals surface area contributed by atoms with Crippen molar-refractivity contribution in [1.29, 1.82) is 0 Å². The monoisotopic (exact) mass is 534 g/mol. The van der Waals surface area contributed by atoms with Gasteiger partial charge in [-0.15, -0.1) is 0 Å². The van der Waals surface area contributed by atoms with E-state index < -0.39 is 11.7 Å². The third kappa shape index (κ3) is 5.69. The standard InChI is InChI=1S/C21H21F3N4O.C8H8N2/c1-13-11-26-17-10-15(14-6-3-2-4-7-14)20(29)28(19(17)27-13)12-18-16(21(22,23)24)8-5-9-25-18;1-10-8-5-3-2-4-7(8)6-9-10/h5,8-11,14H,2-4,6-7,12H2,1H3;2-6H,1H3. The zero-order valence-corrected chi connectivity index (χ0v) is 21.8. The van der Waals surface area contributed by atoms with Crippen LogP contribution in [-0.4, -0.2) is 29.3 Å². The average molecular weight is 535 g/mol. The Kier molecular flexibility index (Phi) is 7.45. The number of aryl methyl sites for hydroxylation is 2. The molecule has 0 N–H and O–H groups in total. The van der Waals surface area contributed by atoms with Gasteiger partial charge in [-0.2, -0.15) is 18.3 Å². The van der Waals surface area contributed by atoms with Crippen molar-refractivity contribution in [2.24, 2.45) is 7.05 Å². The summed E-state index contributed by atoms with van der Waals surface area (Å²) in [7, 11) is 1.95. The van der Waals surface area contributed by atoms with Crippen LogP contribution in [0.1, 0.15) is 60.5 Å². The number of halogens is 3. The highest BCUT2D eigenvalue weighted by Gasteiger charge is 2.34. The van der Waals surface area contributed by atoms with E-state index in [-0.39, 0.29) is 29.4 Å². The van der Waals surface area contributed by atoms with Crippen molar-refractivity contribution in [2.45, 2.75) is 57.7 Å². The smallest absolute Gasteiger partial charge is 0.285 e. The molecule has 0 bridgehead atoms. The molecule has 5 aromatic rings. The van der Waals surface area contributed by atoms with E-state index in [0.717, 1.165) is 38.2 Å². The molecule has 10 heteroatoms. The zero-order chi connectivity index (χ0) is 27.6. The van der Waals surface area contributed by atoms with Crippen LogP contribution in [0.2, 0.25) is 0 Å². The van der Waals surface area contributed by atoms with Crippen molar-refractivity contribution >= 4 is 22.1 Å². The van der Waals surface area contributed by atoms with E-state index in [4.69, 9.17) is 0 Å². The lowest BCUT2D eigenvalue weighted by Crippen LogP contribution is -2.29. The fourth-order valence-electron chi connectivity index (χ4n) is 5.16. The predicted molar refractivity (Wildman–Crippen MR) is 143 cm³/mol. The summed E-state index contributed by atoms with van der Waals surface area (Å²) in [5, 5.41) is 5.31. The molecule has 1 saturated carbocycles. The lowest BCUT2D eigenvalue weighted by molar-refractivity contribution is -0.138. The molecule has 0 atom stereocenters. The topological polar surface area (TPSA) is 78.5 Å². The first kappa shape index (κ1) is 26.5. The molecule has 6 rings (SSSR count). The van der Waals surface area contributed by atoms with Gasteiger partial charge in [0.2, 0.25) is 0 Å². The van der Waals surface area contributed by atoms with Gasteiger partial charge in [0, 0.05) is 30.4 Å². The van der Waals surface area contributed by atoms with E-state index in [0.29, 0.717) is 16.8 Å². The fraction of sp³-hybridized carbons (Fsp3) is 0.345. The second-order valence-electron chi connectivity index (χ2n) is 9.87. The Morgan fingerprint density at radius 1 is 1.00 bits per heavy atom. The van der Waals surface area contributed by atoms with Crippen LogP contribution in [0.25, 0.3) is 22.1 Å². The summed E-state index contributed by atoms with van der Waals surface area (Å²) in [6, 6.07) is 12.1. The number of alkyl halides is 3. The average Bonchev–Trinajstić information content (AvgIpc) is 3.31. The number of pyridine rings is 2. The minimum absolute atomic E-state index is 0.0980. The molecule has 4 aromatic heterocycles. The van der Waals surface area contributed by atoms with Crippen LogP contribution in [0.3, 0.4) is 0 Å². The Labute approximate surface area is 223 Å². The number of hydrogen-bond acceptors (Lipinski definition) is 5. The normalized spacial score (nSPS) is 14.4. The van der Waals surface area contributed by atoms with Gasteiger partial charge in [-0.1, -0.05) is 37.5 Å². The zero-order valence-electron chi connectivity index (χ0n) is 21.8. The second kappa shape index (κ2) is 11.0. The molecule has 0 radical (unpaired) electrons. The van der Waals surface area contributed by atoms with Crippen molar-refractivity contribution in [3.63, 3.8) is 0 Å². The minimum atomic E-state index is -4.55. The molecule has 1 aliphatic carbocycles. The number of aromatic nitrogens is 6. The third-order valence-electron chi connectivity index (χ3n) is 7.15. The number of benzene rings is 1. The van der Waals surface area contributed by atoms with Gasteiger partial charge in [0.15, 0.2) is 5.65 Å². The first-order valence-corrected chi connectivity index (χ1v) is 13.0. The first-order valence-electron chi connectivity index (χ1n) is 13.0. The summed E-state index contributed by atoms with van der Waals surface area (Å²) in [6.07, 6.45) is 5.25. The maximum absolute atomic E-state index is 13.4. The van der Waals surface area contributed by atoms with E-state index in [1.165, 1.54) is 27.7 Å². The maximum atomic E-state index is 13.4. The minimum Gasteiger partial charge on any atom is -0.285 e. The van der Waals surface area contributed by atoms with E-state index >= 15 is 0 Å². The fourth-order valence-corrected chi connectivity index (χ4v) is 5.16. The van der Waals surface area contributed by atoms with E-state index in [9.17, 15) is 18.0 Å². The van der Waals surface area contributed by atoms with Crippen molar-refractivity contribution < 1.29 is 13.2 Å². The van der Waals surface area contributed by atoms with Crippen LogP contribution in [0.15, 0.2) is 65.8 Å². The lowest BCUT2D eigenvalue weighted by atomic mass is 9.84. The second-order valence-corrected chi connectivity index (χ2v) is 9.87. The first-order chi connectivity index (χ1) is 18.7. The van der Waals surface area contributed by atoms with Crippen molar-refractivity contribution in [2.75, 3.05) is 0 Å². The molecule has 7 nitrogen and oxygen atoms in total. The molecular formula is C29H29F3N6O. The van der Waals surface area contributed by atoms with Gasteiger partial charge < -0.3 is 0 Å². The molecule has 0 aliphatic heterocycles. The van der Waals surface area contributed by atoms with Gasteiger partial charge in [-0.25, -0.2) is 4.98 Å². The summed E-state index contributed by atoms with van der Waals surface area (Å²) < 4.78 is 43.5. The van der Waals surface area contributed by atoms with Gasteiger partial charge in [0.1, 0.15) is 5.52 Å². The molecule has 0 unspecified atom stereocenters. The summed E-state index contributed by atoms with van der Waals surface area (Å²) in [5.74, 6) is 0.0980. The van der Waals surface area contributed by atoms with Gasteiger partial charge in [-0.3, -0.25) is 24.0 Å².